The lowest BCUT2D eigenvalue weighted by Crippen LogP contribution is -2.29. The minimum atomic E-state index is -4.70. The van der Waals surface area contributed by atoms with Crippen LogP contribution in [0.15, 0.2) is 60.7 Å². The number of carbonyl (C=O) groups is 1. The summed E-state index contributed by atoms with van der Waals surface area (Å²) in [6.07, 6.45) is -4.70. The summed E-state index contributed by atoms with van der Waals surface area (Å²) in [5.41, 5.74) is 2.93. The smallest absolute Gasteiger partial charge is 0.418 e. The van der Waals surface area contributed by atoms with E-state index in [0.29, 0.717) is 5.75 Å². The van der Waals surface area contributed by atoms with Crippen molar-refractivity contribution in [3.05, 3.63) is 82.4 Å². The molecule has 0 fully saturated rings. The highest BCUT2D eigenvalue weighted by Crippen LogP contribution is 2.38. The van der Waals surface area contributed by atoms with Crippen LogP contribution in [0, 0.1) is 11.3 Å². The molecule has 4 rings (SSSR count). The quantitative estimate of drug-likeness (QED) is 0.378. The average molecular weight is 500 g/mol. The topological polar surface area (TPSA) is 107 Å². The molecule has 1 aromatic heterocycles. The Bertz CT molecular complexity index is 1460. The second kappa shape index (κ2) is 8.92. The van der Waals surface area contributed by atoms with Gasteiger partial charge in [0, 0.05) is 16.1 Å². The molecule has 3 aromatic carbocycles. The van der Waals surface area contributed by atoms with Crippen molar-refractivity contribution in [3.63, 3.8) is 0 Å². The van der Waals surface area contributed by atoms with Crippen molar-refractivity contribution in [2.75, 3.05) is 0 Å². The zero-order valence-electron chi connectivity index (χ0n) is 18.2. The van der Waals surface area contributed by atoms with E-state index in [0.717, 1.165) is 10.9 Å². The maximum atomic E-state index is 13.5. The summed E-state index contributed by atoms with van der Waals surface area (Å²) >= 11 is 5.85. The minimum absolute atomic E-state index is 0.0724. The third kappa shape index (κ3) is 4.90. The number of para-hydroxylation sites is 1. The van der Waals surface area contributed by atoms with Crippen molar-refractivity contribution >= 4 is 28.5 Å². The number of nitrogens with zero attached hydrogens (tertiary/aromatic N) is 4. The van der Waals surface area contributed by atoms with Crippen molar-refractivity contribution in [2.24, 2.45) is 5.73 Å². The summed E-state index contributed by atoms with van der Waals surface area (Å²) in [4.78, 5) is 12.8. The van der Waals surface area contributed by atoms with Crippen LogP contribution in [0.3, 0.4) is 0 Å². The molecule has 0 bridgehead atoms. The molecule has 2 N–H and O–H groups in total. The van der Waals surface area contributed by atoms with E-state index in [4.69, 9.17) is 22.1 Å². The van der Waals surface area contributed by atoms with Gasteiger partial charge in [-0.15, -0.1) is 0 Å². The number of hydrogen-bond acceptors (Lipinski definition) is 5. The van der Waals surface area contributed by atoms with Crippen LogP contribution in [0.25, 0.3) is 11.0 Å². The third-order valence-corrected chi connectivity index (χ3v) is 5.55. The van der Waals surface area contributed by atoms with E-state index in [1.54, 1.807) is 30.3 Å². The zero-order chi connectivity index (χ0) is 25.4. The van der Waals surface area contributed by atoms with Gasteiger partial charge in [0.1, 0.15) is 27.9 Å². The van der Waals surface area contributed by atoms with Gasteiger partial charge < -0.3 is 10.5 Å². The van der Waals surface area contributed by atoms with Crippen LogP contribution in [-0.2, 0) is 18.1 Å². The second-order valence-electron chi connectivity index (χ2n) is 7.98. The number of rotatable bonds is 6. The molecule has 1 unspecified atom stereocenters. The number of ether oxygens (including phenoxy) is 1. The van der Waals surface area contributed by atoms with E-state index >= 15 is 0 Å². The first-order valence-electron chi connectivity index (χ1n) is 10.2. The molecule has 11 heteroatoms. The number of amides is 1. The van der Waals surface area contributed by atoms with Gasteiger partial charge in [0.05, 0.1) is 18.2 Å². The van der Waals surface area contributed by atoms with Crippen molar-refractivity contribution < 1.29 is 22.7 Å². The molecule has 4 aromatic rings. The number of primary amides is 1. The molecule has 1 amide bonds. The van der Waals surface area contributed by atoms with Gasteiger partial charge in [-0.2, -0.15) is 33.4 Å². The average Bonchev–Trinajstić information content (AvgIpc) is 3.20. The molecule has 0 aliphatic rings. The molecular weight excluding hydrogens is 483 g/mol. The SMILES string of the molecule is CC(C#N)(Cn1nc2cc(Cl)cc(C(F)(F)F)c2n1)c1cc(C(N)=O)ccc1Oc1ccccc1. The van der Waals surface area contributed by atoms with Gasteiger partial charge in [0.2, 0.25) is 5.91 Å². The Hall–Kier alpha value is -4.10. The molecule has 0 spiro atoms. The fourth-order valence-electron chi connectivity index (χ4n) is 3.60. The van der Waals surface area contributed by atoms with E-state index in [-0.39, 0.29) is 34.0 Å². The van der Waals surface area contributed by atoms with Crippen molar-refractivity contribution in [3.8, 4) is 17.6 Å². The van der Waals surface area contributed by atoms with Crippen LogP contribution >= 0.6 is 11.6 Å². The summed E-state index contributed by atoms with van der Waals surface area (Å²) < 4.78 is 46.5. The monoisotopic (exact) mass is 499 g/mol. The standard InChI is InChI=1S/C24H17ClF3N5O2/c1-23(12-29,13-33-31-19-11-15(25)10-18(21(19)32-33)24(26,27)28)17-9-14(22(30)34)7-8-20(17)35-16-5-3-2-4-6-16/h2-11H,13H2,1H3,(H2,30,34). The number of benzene rings is 3. The van der Waals surface area contributed by atoms with Crippen LogP contribution < -0.4 is 10.5 Å². The molecule has 35 heavy (non-hydrogen) atoms. The number of fused-ring (bicyclic) bond motifs is 1. The van der Waals surface area contributed by atoms with Crippen LogP contribution in [0.4, 0.5) is 13.2 Å². The van der Waals surface area contributed by atoms with Gasteiger partial charge in [-0.1, -0.05) is 29.8 Å². The summed E-state index contributed by atoms with van der Waals surface area (Å²) in [6.45, 7) is 1.29. The number of nitrogens with two attached hydrogens (primary N) is 1. The van der Waals surface area contributed by atoms with E-state index in [2.05, 4.69) is 16.3 Å². The number of carbonyl (C=O) groups excluding carboxylic acids is 1. The highest BCUT2D eigenvalue weighted by molar-refractivity contribution is 6.31. The van der Waals surface area contributed by atoms with E-state index in [9.17, 15) is 23.2 Å². The Morgan fingerprint density at radius 3 is 2.46 bits per heavy atom. The summed E-state index contributed by atoms with van der Waals surface area (Å²) in [5, 5.41) is 18.1. The van der Waals surface area contributed by atoms with Gasteiger partial charge in [0.15, 0.2) is 0 Å². The lowest BCUT2D eigenvalue weighted by Gasteiger charge is -2.24. The van der Waals surface area contributed by atoms with Gasteiger partial charge >= 0.3 is 6.18 Å². The van der Waals surface area contributed by atoms with Gasteiger partial charge in [-0.05, 0) is 49.4 Å². The Morgan fingerprint density at radius 2 is 1.83 bits per heavy atom. The number of aromatic nitrogens is 3. The molecule has 0 aliphatic carbocycles. The van der Waals surface area contributed by atoms with Crippen molar-refractivity contribution in [2.45, 2.75) is 25.1 Å². The second-order valence-corrected chi connectivity index (χ2v) is 8.42. The van der Waals surface area contributed by atoms with E-state index in [1.807, 2.05) is 0 Å². The van der Waals surface area contributed by atoms with Crippen LogP contribution in [-0.4, -0.2) is 20.9 Å². The van der Waals surface area contributed by atoms with Gasteiger partial charge in [0.25, 0.3) is 0 Å². The van der Waals surface area contributed by atoms with Crippen molar-refractivity contribution in [1.29, 1.82) is 5.26 Å². The summed E-state index contributed by atoms with van der Waals surface area (Å²) in [5.74, 6) is 0.0273. The maximum absolute atomic E-state index is 13.5. The molecular formula is C24H17ClF3N5O2. The van der Waals surface area contributed by atoms with Gasteiger partial charge in [-0.25, -0.2) is 0 Å². The van der Waals surface area contributed by atoms with Gasteiger partial charge in [-0.3, -0.25) is 4.79 Å². The molecule has 1 atom stereocenters. The minimum Gasteiger partial charge on any atom is -0.457 e. The van der Waals surface area contributed by atoms with E-state index < -0.39 is 28.6 Å². The predicted octanol–water partition coefficient (Wildman–Crippen LogP) is 5.48. The first-order chi connectivity index (χ1) is 16.5. The van der Waals surface area contributed by atoms with Crippen LogP contribution in [0.2, 0.25) is 5.02 Å². The third-order valence-electron chi connectivity index (χ3n) is 5.33. The van der Waals surface area contributed by atoms with E-state index in [1.165, 1.54) is 31.2 Å². The Labute approximate surface area is 202 Å². The molecule has 0 saturated heterocycles. The lowest BCUT2D eigenvalue weighted by molar-refractivity contribution is -0.136. The number of halogens is 4. The summed E-state index contributed by atoms with van der Waals surface area (Å²) in [6, 6.07) is 17.3. The Kier molecular flexibility index (Phi) is 6.13. The largest absolute Gasteiger partial charge is 0.457 e. The Balaban J connectivity index is 1.81. The number of alkyl halides is 3. The first-order valence-corrected chi connectivity index (χ1v) is 10.6. The highest BCUT2D eigenvalue weighted by Gasteiger charge is 2.36. The molecule has 0 radical (unpaired) electrons. The fourth-order valence-corrected chi connectivity index (χ4v) is 3.81. The molecule has 0 aliphatic heterocycles. The first kappa shape index (κ1) is 24.0. The van der Waals surface area contributed by atoms with Crippen molar-refractivity contribution in [1.82, 2.24) is 15.0 Å². The predicted molar refractivity (Wildman–Crippen MR) is 122 cm³/mol. The lowest BCUT2D eigenvalue weighted by atomic mass is 9.82. The molecule has 178 valence electrons. The zero-order valence-corrected chi connectivity index (χ0v) is 18.9. The molecule has 1 heterocycles. The van der Waals surface area contributed by atoms with Crippen LogP contribution in [0.5, 0.6) is 11.5 Å². The maximum Gasteiger partial charge on any atom is 0.418 e. The molecule has 7 nitrogen and oxygen atoms in total. The normalized spacial score (nSPS) is 13.3. The van der Waals surface area contributed by atoms with Crippen LogP contribution in [0.1, 0.15) is 28.4 Å². The summed E-state index contributed by atoms with van der Waals surface area (Å²) in [7, 11) is 0. The number of hydrogen-bond donors (Lipinski definition) is 1. The molecule has 0 saturated carbocycles. The Morgan fingerprint density at radius 1 is 1.11 bits per heavy atom. The fraction of sp³-hybridized carbons (Fsp3) is 0.167. The number of nitriles is 1. The highest BCUT2D eigenvalue weighted by atomic mass is 35.5.